The zero-order valence-electron chi connectivity index (χ0n) is 8.83. The zero-order chi connectivity index (χ0) is 11.7. The van der Waals surface area contributed by atoms with Gasteiger partial charge in [0.15, 0.2) is 12.6 Å². The predicted octanol–water partition coefficient (Wildman–Crippen LogP) is 1.22. The Kier molecular flexibility index (Phi) is 2.89. The van der Waals surface area contributed by atoms with Gasteiger partial charge in [0.25, 0.3) is 0 Å². The molecule has 1 aliphatic rings. The molecule has 2 rings (SSSR count). The monoisotopic (exact) mass is 225 g/mol. The summed E-state index contributed by atoms with van der Waals surface area (Å²) in [7, 11) is 0. The lowest BCUT2D eigenvalue weighted by molar-refractivity contribution is -0.0170. The molecule has 0 saturated heterocycles. The quantitative estimate of drug-likeness (QED) is 0.769. The van der Waals surface area contributed by atoms with Crippen LogP contribution in [0.3, 0.4) is 0 Å². The van der Waals surface area contributed by atoms with E-state index < -0.39 is 17.6 Å². The van der Waals surface area contributed by atoms with E-state index in [1.165, 1.54) is 19.1 Å². The van der Waals surface area contributed by atoms with E-state index >= 15 is 0 Å². The van der Waals surface area contributed by atoms with Crippen molar-refractivity contribution in [3.05, 3.63) is 29.1 Å². The van der Waals surface area contributed by atoms with Gasteiger partial charge >= 0.3 is 0 Å². The van der Waals surface area contributed by atoms with Crippen LogP contribution in [0, 0.1) is 5.82 Å². The minimum absolute atomic E-state index is 0.0211. The van der Waals surface area contributed by atoms with Crippen molar-refractivity contribution in [2.24, 2.45) is 5.73 Å². The molecule has 1 aromatic rings. The van der Waals surface area contributed by atoms with Crippen molar-refractivity contribution in [1.82, 2.24) is 0 Å². The fourth-order valence-corrected chi connectivity index (χ4v) is 1.62. The Hall–Kier alpha value is -1.46. The molecular weight excluding hydrogens is 213 g/mol. The third-order valence-corrected chi connectivity index (χ3v) is 2.42. The molecule has 86 valence electrons. The van der Waals surface area contributed by atoms with E-state index in [0.29, 0.717) is 11.3 Å². The number of hydrogen-bond donors (Lipinski definition) is 1. The van der Waals surface area contributed by atoms with E-state index in [1.807, 2.05) is 0 Å². The maximum atomic E-state index is 13.6. The zero-order valence-corrected chi connectivity index (χ0v) is 8.83. The minimum Gasteiger partial charge on any atom is -0.467 e. The number of rotatable bonds is 2. The van der Waals surface area contributed by atoms with Gasteiger partial charge in [-0.1, -0.05) is 0 Å². The van der Waals surface area contributed by atoms with Crippen LogP contribution in [-0.4, -0.2) is 18.6 Å². The van der Waals surface area contributed by atoms with Gasteiger partial charge < -0.3 is 15.2 Å². The molecule has 0 aromatic heterocycles. The molecule has 1 heterocycles. The molecule has 0 bridgehead atoms. The smallest absolute Gasteiger partial charge is 0.189 e. The third kappa shape index (κ3) is 1.79. The fraction of sp³-hybridized carbons (Fsp3) is 0.364. The van der Waals surface area contributed by atoms with Crippen LogP contribution in [-0.2, 0) is 11.3 Å². The van der Waals surface area contributed by atoms with Crippen molar-refractivity contribution in [2.45, 2.75) is 19.6 Å². The van der Waals surface area contributed by atoms with Gasteiger partial charge in [-0.05, 0) is 19.1 Å². The number of Topliss-reactive ketones (excluding diaryl/α,β-unsaturated/α-hetero) is 1. The summed E-state index contributed by atoms with van der Waals surface area (Å²) in [6, 6.07) is 1.95. The highest BCUT2D eigenvalue weighted by Gasteiger charge is 2.24. The highest BCUT2D eigenvalue weighted by molar-refractivity contribution is 6.01. The van der Waals surface area contributed by atoms with Crippen molar-refractivity contribution in [2.75, 3.05) is 6.79 Å². The molecule has 16 heavy (non-hydrogen) atoms. The Balaban J connectivity index is 2.54. The molecular formula is C11H12FNO3. The molecule has 0 amide bonds. The van der Waals surface area contributed by atoms with E-state index in [9.17, 15) is 9.18 Å². The van der Waals surface area contributed by atoms with Gasteiger partial charge in [-0.25, -0.2) is 4.39 Å². The van der Waals surface area contributed by atoms with E-state index in [2.05, 4.69) is 0 Å². The van der Waals surface area contributed by atoms with Crippen molar-refractivity contribution < 1.29 is 18.7 Å². The number of ketones is 1. The highest BCUT2D eigenvalue weighted by atomic mass is 19.1. The van der Waals surface area contributed by atoms with E-state index in [-0.39, 0.29) is 19.0 Å². The summed E-state index contributed by atoms with van der Waals surface area (Å²) in [5.74, 6) is -0.546. The van der Waals surface area contributed by atoms with Crippen LogP contribution in [0.4, 0.5) is 4.39 Å². The molecule has 0 aliphatic carbocycles. The van der Waals surface area contributed by atoms with Gasteiger partial charge in [0, 0.05) is 5.56 Å². The van der Waals surface area contributed by atoms with E-state index in [1.54, 1.807) is 0 Å². The van der Waals surface area contributed by atoms with Gasteiger partial charge in [-0.15, -0.1) is 0 Å². The number of carbonyl (C=O) groups is 1. The maximum absolute atomic E-state index is 13.6. The summed E-state index contributed by atoms with van der Waals surface area (Å²) in [5.41, 5.74) is 5.89. The van der Waals surface area contributed by atoms with Crippen LogP contribution in [0.1, 0.15) is 22.8 Å². The van der Waals surface area contributed by atoms with Crippen molar-refractivity contribution in [1.29, 1.82) is 0 Å². The van der Waals surface area contributed by atoms with Crippen molar-refractivity contribution in [3.8, 4) is 5.75 Å². The first-order valence-electron chi connectivity index (χ1n) is 4.93. The van der Waals surface area contributed by atoms with Gasteiger partial charge in [0.2, 0.25) is 0 Å². The summed E-state index contributed by atoms with van der Waals surface area (Å²) in [6.07, 6.45) is 0. The lowest BCUT2D eigenvalue weighted by atomic mass is 9.98. The molecule has 0 saturated carbocycles. The minimum atomic E-state index is -0.747. The average molecular weight is 225 g/mol. The summed E-state index contributed by atoms with van der Waals surface area (Å²) in [4.78, 5) is 11.8. The molecule has 1 aliphatic heterocycles. The molecule has 0 radical (unpaired) electrons. The average Bonchev–Trinajstić information content (AvgIpc) is 2.28. The summed E-state index contributed by atoms with van der Waals surface area (Å²) in [5, 5.41) is 0. The van der Waals surface area contributed by atoms with Crippen molar-refractivity contribution in [3.63, 3.8) is 0 Å². The second kappa shape index (κ2) is 4.19. The number of carbonyl (C=O) groups excluding carboxylic acids is 1. The van der Waals surface area contributed by atoms with Crippen LogP contribution in [0.2, 0.25) is 0 Å². The number of nitrogens with two attached hydrogens (primary N) is 1. The van der Waals surface area contributed by atoms with Crippen molar-refractivity contribution >= 4 is 5.78 Å². The number of benzene rings is 1. The van der Waals surface area contributed by atoms with Gasteiger partial charge in [0.05, 0.1) is 18.2 Å². The SMILES string of the molecule is CC(N)C(=O)c1c(F)ccc2c1COCO2. The van der Waals surface area contributed by atoms with Crippen LogP contribution in [0.5, 0.6) is 5.75 Å². The lowest BCUT2D eigenvalue weighted by Crippen LogP contribution is -2.29. The lowest BCUT2D eigenvalue weighted by Gasteiger charge is -2.20. The second-order valence-corrected chi connectivity index (χ2v) is 3.66. The normalized spacial score (nSPS) is 16.2. The Bertz CT molecular complexity index is 431. The molecule has 0 fully saturated rings. The summed E-state index contributed by atoms with van der Waals surface area (Å²) >= 11 is 0. The Morgan fingerprint density at radius 2 is 2.31 bits per heavy atom. The standard InChI is InChI=1S/C11H12FNO3/c1-6(13)11(14)10-7-4-15-5-16-9(7)3-2-8(10)12/h2-3,6H,4-5,13H2,1H3. The number of ether oxygens (including phenoxy) is 2. The topological polar surface area (TPSA) is 61.6 Å². The molecule has 4 nitrogen and oxygen atoms in total. The Labute approximate surface area is 92.1 Å². The number of fused-ring (bicyclic) bond motifs is 1. The summed E-state index contributed by atoms with van der Waals surface area (Å²) in [6.45, 7) is 1.80. The molecule has 5 heteroatoms. The van der Waals surface area contributed by atoms with Gasteiger partial charge in [-0.3, -0.25) is 4.79 Å². The molecule has 2 N–H and O–H groups in total. The Morgan fingerprint density at radius 3 is 3.00 bits per heavy atom. The first-order chi connectivity index (χ1) is 7.61. The first-order valence-corrected chi connectivity index (χ1v) is 4.93. The highest BCUT2D eigenvalue weighted by Crippen LogP contribution is 2.29. The fourth-order valence-electron chi connectivity index (χ4n) is 1.62. The van der Waals surface area contributed by atoms with Gasteiger partial charge in [0.1, 0.15) is 11.6 Å². The third-order valence-electron chi connectivity index (χ3n) is 2.42. The van der Waals surface area contributed by atoms with Gasteiger partial charge in [-0.2, -0.15) is 0 Å². The van der Waals surface area contributed by atoms with Crippen LogP contribution < -0.4 is 10.5 Å². The van der Waals surface area contributed by atoms with Crippen LogP contribution in [0.15, 0.2) is 12.1 Å². The summed E-state index contributed by atoms with van der Waals surface area (Å²) < 4.78 is 23.8. The largest absolute Gasteiger partial charge is 0.467 e. The first kappa shape index (κ1) is 11.0. The van der Waals surface area contributed by atoms with Crippen LogP contribution >= 0.6 is 0 Å². The number of halogens is 1. The van der Waals surface area contributed by atoms with E-state index in [4.69, 9.17) is 15.2 Å². The molecule has 1 atom stereocenters. The molecule has 1 aromatic carbocycles. The number of hydrogen-bond acceptors (Lipinski definition) is 4. The predicted molar refractivity (Wildman–Crippen MR) is 54.7 cm³/mol. The van der Waals surface area contributed by atoms with E-state index in [0.717, 1.165) is 0 Å². The molecule has 1 unspecified atom stereocenters. The maximum Gasteiger partial charge on any atom is 0.189 e. The van der Waals surface area contributed by atoms with Crippen LogP contribution in [0.25, 0.3) is 0 Å². The second-order valence-electron chi connectivity index (χ2n) is 3.66. The Morgan fingerprint density at radius 1 is 1.56 bits per heavy atom. The molecule has 0 spiro atoms.